The summed E-state index contributed by atoms with van der Waals surface area (Å²) in [5.74, 6) is 0.292. The van der Waals surface area contributed by atoms with Gasteiger partial charge in [0, 0.05) is 25.8 Å². The molecular formula is C17H32N2O4. The maximum Gasteiger partial charge on any atom is 0.249 e. The van der Waals surface area contributed by atoms with E-state index in [2.05, 4.69) is 24.5 Å². The molecule has 6 nitrogen and oxygen atoms in total. The number of carbonyl (C=O) groups is 2. The van der Waals surface area contributed by atoms with Crippen LogP contribution in [0.2, 0.25) is 0 Å². The standard InChI is InChI=1S/C17H32N2O4/c1-11(2)10-23-13(4)17(21)19-15-8-6-14(7-9-15)18-16(20)12(3)22-5/h11-15H,6-10H2,1-5H3,(H,18,20)(H,19,21)/t12-,13?,14?,15?/m1/s1. The first kappa shape index (κ1) is 19.9. The molecule has 134 valence electrons. The number of nitrogens with one attached hydrogen (secondary N) is 2. The lowest BCUT2D eigenvalue weighted by atomic mass is 9.91. The van der Waals surface area contributed by atoms with Crippen molar-refractivity contribution < 1.29 is 19.1 Å². The van der Waals surface area contributed by atoms with Crippen LogP contribution in [0.5, 0.6) is 0 Å². The predicted molar refractivity (Wildman–Crippen MR) is 89.1 cm³/mol. The van der Waals surface area contributed by atoms with Crippen molar-refractivity contribution in [1.29, 1.82) is 0 Å². The Hall–Kier alpha value is -1.14. The molecule has 0 saturated heterocycles. The fraction of sp³-hybridized carbons (Fsp3) is 0.882. The maximum atomic E-state index is 12.1. The molecule has 2 N–H and O–H groups in total. The van der Waals surface area contributed by atoms with Crippen LogP contribution in [0, 0.1) is 5.92 Å². The summed E-state index contributed by atoms with van der Waals surface area (Å²) in [6.45, 7) is 8.23. The van der Waals surface area contributed by atoms with Crippen molar-refractivity contribution in [2.24, 2.45) is 5.92 Å². The van der Waals surface area contributed by atoms with E-state index in [9.17, 15) is 9.59 Å². The zero-order valence-electron chi connectivity index (χ0n) is 15.1. The maximum absolute atomic E-state index is 12.1. The van der Waals surface area contributed by atoms with Crippen molar-refractivity contribution in [3.63, 3.8) is 0 Å². The third-order valence-electron chi connectivity index (χ3n) is 4.19. The summed E-state index contributed by atoms with van der Waals surface area (Å²) in [5, 5.41) is 6.05. The summed E-state index contributed by atoms with van der Waals surface area (Å²) in [5.41, 5.74) is 0. The van der Waals surface area contributed by atoms with Crippen molar-refractivity contribution in [3.05, 3.63) is 0 Å². The minimum Gasteiger partial charge on any atom is -0.372 e. The number of carbonyl (C=O) groups excluding carboxylic acids is 2. The first-order valence-corrected chi connectivity index (χ1v) is 8.58. The lowest BCUT2D eigenvalue weighted by Crippen LogP contribution is -2.47. The van der Waals surface area contributed by atoms with Gasteiger partial charge in [-0.15, -0.1) is 0 Å². The van der Waals surface area contributed by atoms with E-state index in [0.717, 1.165) is 25.7 Å². The SMILES string of the molecule is CO[C@H](C)C(=O)NC1CCC(NC(=O)C(C)OCC(C)C)CC1. The molecule has 0 aromatic carbocycles. The number of amides is 2. The third kappa shape index (κ3) is 7.31. The van der Waals surface area contributed by atoms with E-state index in [1.807, 2.05) is 0 Å². The van der Waals surface area contributed by atoms with E-state index >= 15 is 0 Å². The smallest absolute Gasteiger partial charge is 0.249 e. The molecule has 0 aliphatic heterocycles. The van der Waals surface area contributed by atoms with Crippen LogP contribution < -0.4 is 10.6 Å². The second-order valence-electron chi connectivity index (χ2n) is 6.81. The second-order valence-corrected chi connectivity index (χ2v) is 6.81. The lowest BCUT2D eigenvalue weighted by Gasteiger charge is -2.31. The van der Waals surface area contributed by atoms with Gasteiger partial charge in [-0.2, -0.15) is 0 Å². The first-order chi connectivity index (χ1) is 10.8. The molecule has 0 spiro atoms. The van der Waals surface area contributed by atoms with Gasteiger partial charge in [0.05, 0.1) is 0 Å². The monoisotopic (exact) mass is 328 g/mol. The van der Waals surface area contributed by atoms with E-state index in [1.54, 1.807) is 13.8 Å². The molecule has 0 bridgehead atoms. The molecule has 1 unspecified atom stereocenters. The van der Waals surface area contributed by atoms with Crippen LogP contribution in [0.3, 0.4) is 0 Å². The Kier molecular flexibility index (Phi) is 8.55. The number of hydrogen-bond acceptors (Lipinski definition) is 4. The van der Waals surface area contributed by atoms with Gasteiger partial charge in [0.15, 0.2) is 0 Å². The Morgan fingerprint density at radius 1 is 0.913 bits per heavy atom. The fourth-order valence-electron chi connectivity index (χ4n) is 2.54. The highest BCUT2D eigenvalue weighted by Crippen LogP contribution is 2.19. The van der Waals surface area contributed by atoms with Crippen LogP contribution in [0.15, 0.2) is 0 Å². The lowest BCUT2D eigenvalue weighted by molar-refractivity contribution is -0.134. The Morgan fingerprint density at radius 3 is 1.74 bits per heavy atom. The largest absolute Gasteiger partial charge is 0.372 e. The molecule has 0 heterocycles. The van der Waals surface area contributed by atoms with E-state index in [1.165, 1.54) is 7.11 Å². The minimum absolute atomic E-state index is 0.0499. The average molecular weight is 328 g/mol. The molecule has 1 aliphatic carbocycles. The van der Waals surface area contributed by atoms with E-state index in [-0.39, 0.29) is 23.9 Å². The average Bonchev–Trinajstić information content (AvgIpc) is 2.53. The van der Waals surface area contributed by atoms with Crippen molar-refractivity contribution in [1.82, 2.24) is 10.6 Å². The van der Waals surface area contributed by atoms with Crippen molar-refractivity contribution in [2.75, 3.05) is 13.7 Å². The molecule has 1 saturated carbocycles. The van der Waals surface area contributed by atoms with Gasteiger partial charge >= 0.3 is 0 Å². The minimum atomic E-state index is -0.425. The van der Waals surface area contributed by atoms with Gasteiger partial charge in [0.1, 0.15) is 12.2 Å². The van der Waals surface area contributed by atoms with Crippen LogP contribution in [-0.4, -0.2) is 49.8 Å². The Morgan fingerprint density at radius 2 is 1.35 bits per heavy atom. The molecule has 23 heavy (non-hydrogen) atoms. The van der Waals surface area contributed by atoms with Crippen LogP contribution in [0.4, 0.5) is 0 Å². The number of rotatable bonds is 8. The van der Waals surface area contributed by atoms with Gasteiger partial charge < -0.3 is 20.1 Å². The van der Waals surface area contributed by atoms with Crippen LogP contribution in [0.25, 0.3) is 0 Å². The molecule has 1 fully saturated rings. The number of methoxy groups -OCH3 is 1. The highest BCUT2D eigenvalue weighted by molar-refractivity contribution is 5.81. The second kappa shape index (κ2) is 9.88. The molecule has 2 atom stereocenters. The summed E-state index contributed by atoms with van der Waals surface area (Å²) in [6, 6.07) is 0.337. The molecule has 0 radical (unpaired) electrons. The summed E-state index contributed by atoms with van der Waals surface area (Å²) in [6.07, 6.45) is 2.64. The van der Waals surface area contributed by atoms with E-state index < -0.39 is 12.2 Å². The van der Waals surface area contributed by atoms with Crippen molar-refractivity contribution in [3.8, 4) is 0 Å². The van der Waals surface area contributed by atoms with Gasteiger partial charge in [-0.25, -0.2) is 0 Å². The Balaban J connectivity index is 2.28. The first-order valence-electron chi connectivity index (χ1n) is 8.58. The predicted octanol–water partition coefficient (Wildman–Crippen LogP) is 1.63. The molecule has 6 heteroatoms. The van der Waals surface area contributed by atoms with Gasteiger partial charge in [0.2, 0.25) is 11.8 Å². The number of hydrogen-bond donors (Lipinski definition) is 2. The van der Waals surface area contributed by atoms with Gasteiger partial charge in [-0.3, -0.25) is 9.59 Å². The third-order valence-corrected chi connectivity index (χ3v) is 4.19. The van der Waals surface area contributed by atoms with Crippen LogP contribution in [0.1, 0.15) is 53.4 Å². The molecule has 1 aliphatic rings. The summed E-state index contributed by atoms with van der Waals surface area (Å²) in [4.78, 5) is 23.9. The summed E-state index contributed by atoms with van der Waals surface area (Å²) < 4.78 is 10.5. The van der Waals surface area contributed by atoms with E-state index in [4.69, 9.17) is 9.47 Å². The molecule has 1 rings (SSSR count). The van der Waals surface area contributed by atoms with Gasteiger partial charge in [-0.05, 0) is 45.4 Å². The van der Waals surface area contributed by atoms with Crippen molar-refractivity contribution in [2.45, 2.75) is 77.7 Å². The summed E-state index contributed by atoms with van der Waals surface area (Å²) >= 11 is 0. The highest BCUT2D eigenvalue weighted by atomic mass is 16.5. The summed E-state index contributed by atoms with van der Waals surface area (Å²) in [7, 11) is 1.53. The fourth-order valence-corrected chi connectivity index (χ4v) is 2.54. The molecular weight excluding hydrogens is 296 g/mol. The van der Waals surface area contributed by atoms with Crippen molar-refractivity contribution >= 4 is 11.8 Å². The zero-order chi connectivity index (χ0) is 17.4. The normalized spacial score (nSPS) is 24.1. The Labute approximate surface area is 139 Å². The van der Waals surface area contributed by atoms with Gasteiger partial charge in [0.25, 0.3) is 0 Å². The van der Waals surface area contributed by atoms with E-state index in [0.29, 0.717) is 12.5 Å². The van der Waals surface area contributed by atoms with Crippen LogP contribution >= 0.6 is 0 Å². The molecule has 0 aromatic heterocycles. The quantitative estimate of drug-likeness (QED) is 0.710. The highest BCUT2D eigenvalue weighted by Gasteiger charge is 2.26. The zero-order valence-corrected chi connectivity index (χ0v) is 15.1. The Bertz CT molecular complexity index is 379. The van der Waals surface area contributed by atoms with Crippen LogP contribution in [-0.2, 0) is 19.1 Å². The number of ether oxygens (including phenoxy) is 2. The molecule has 0 aromatic rings. The van der Waals surface area contributed by atoms with Gasteiger partial charge in [-0.1, -0.05) is 13.8 Å². The topological polar surface area (TPSA) is 76.7 Å². The molecule has 2 amide bonds.